The van der Waals surface area contributed by atoms with Crippen molar-refractivity contribution in [3.8, 4) is 5.75 Å². The van der Waals surface area contributed by atoms with Gasteiger partial charge in [0.1, 0.15) is 5.75 Å². The van der Waals surface area contributed by atoms with Crippen LogP contribution in [-0.2, 0) is 14.3 Å². The van der Waals surface area contributed by atoms with E-state index in [9.17, 15) is 8.42 Å². The molecule has 1 aromatic rings. The molecular formula is C10H12Cl2O4S. The summed E-state index contributed by atoms with van der Waals surface area (Å²) in [6.45, 7) is 0.438. The van der Waals surface area contributed by atoms with Crippen molar-refractivity contribution in [3.63, 3.8) is 0 Å². The Kier molecular flexibility index (Phi) is 5.52. The van der Waals surface area contributed by atoms with Crippen molar-refractivity contribution in [1.29, 1.82) is 0 Å². The van der Waals surface area contributed by atoms with E-state index in [4.69, 9.17) is 27.9 Å². The maximum Gasteiger partial charge on any atom is 0.264 e. The summed E-state index contributed by atoms with van der Waals surface area (Å²) in [5, 5.41) is 0.871. The molecule has 0 spiro atoms. The van der Waals surface area contributed by atoms with Gasteiger partial charge in [-0.05, 0) is 12.1 Å². The van der Waals surface area contributed by atoms with Crippen molar-refractivity contribution in [3.05, 3.63) is 28.2 Å². The molecule has 0 fully saturated rings. The Bertz CT molecular complexity index is 473. The second-order valence-electron chi connectivity index (χ2n) is 3.30. The van der Waals surface area contributed by atoms with Crippen LogP contribution in [-0.4, -0.2) is 27.9 Å². The Morgan fingerprint density at radius 1 is 1.18 bits per heavy atom. The van der Waals surface area contributed by atoms with Crippen LogP contribution in [0, 0.1) is 0 Å². The van der Waals surface area contributed by atoms with Gasteiger partial charge in [-0.3, -0.25) is 4.18 Å². The highest BCUT2D eigenvalue weighted by Gasteiger charge is 2.02. The minimum atomic E-state index is -3.38. The second kappa shape index (κ2) is 6.44. The first kappa shape index (κ1) is 14.6. The first-order chi connectivity index (χ1) is 7.88. The van der Waals surface area contributed by atoms with E-state index in [-0.39, 0.29) is 6.61 Å². The smallest absolute Gasteiger partial charge is 0.264 e. The molecule has 0 unspecified atom stereocenters. The molecule has 0 N–H and O–H groups in total. The summed E-state index contributed by atoms with van der Waals surface area (Å²) >= 11 is 11.5. The zero-order chi connectivity index (χ0) is 12.9. The molecule has 0 heterocycles. The van der Waals surface area contributed by atoms with Crippen molar-refractivity contribution < 1.29 is 17.3 Å². The minimum Gasteiger partial charge on any atom is -0.493 e. The highest BCUT2D eigenvalue weighted by molar-refractivity contribution is 7.85. The molecule has 0 saturated carbocycles. The molecule has 4 nitrogen and oxygen atoms in total. The quantitative estimate of drug-likeness (QED) is 0.598. The number of benzene rings is 1. The lowest BCUT2D eigenvalue weighted by Gasteiger charge is -2.06. The molecule has 0 saturated heterocycles. The van der Waals surface area contributed by atoms with Gasteiger partial charge >= 0.3 is 0 Å². The fourth-order valence-electron chi connectivity index (χ4n) is 1.03. The zero-order valence-electron chi connectivity index (χ0n) is 9.15. The SMILES string of the molecule is CS(=O)(=O)OCCCOc1ccc(Cl)c(Cl)c1. The van der Waals surface area contributed by atoms with Gasteiger partial charge in [-0.1, -0.05) is 23.2 Å². The average Bonchev–Trinajstić information content (AvgIpc) is 2.21. The van der Waals surface area contributed by atoms with E-state index in [0.29, 0.717) is 28.8 Å². The summed E-state index contributed by atoms with van der Waals surface area (Å²) in [7, 11) is -3.38. The summed E-state index contributed by atoms with van der Waals surface area (Å²) in [4.78, 5) is 0. The number of hydrogen-bond donors (Lipinski definition) is 0. The third kappa shape index (κ3) is 6.12. The molecule has 1 aromatic carbocycles. The average molecular weight is 299 g/mol. The van der Waals surface area contributed by atoms with Crippen molar-refractivity contribution in [2.75, 3.05) is 19.5 Å². The molecule has 0 aliphatic heterocycles. The van der Waals surface area contributed by atoms with Gasteiger partial charge in [-0.15, -0.1) is 0 Å². The highest BCUT2D eigenvalue weighted by Crippen LogP contribution is 2.26. The van der Waals surface area contributed by atoms with E-state index < -0.39 is 10.1 Å². The van der Waals surface area contributed by atoms with Crippen LogP contribution in [0.3, 0.4) is 0 Å². The van der Waals surface area contributed by atoms with E-state index in [1.165, 1.54) is 0 Å². The van der Waals surface area contributed by atoms with Crippen LogP contribution in [0.5, 0.6) is 5.75 Å². The molecule has 96 valence electrons. The molecule has 0 aromatic heterocycles. The molecule has 0 aliphatic rings. The van der Waals surface area contributed by atoms with Crippen molar-refractivity contribution in [2.24, 2.45) is 0 Å². The zero-order valence-corrected chi connectivity index (χ0v) is 11.5. The molecule has 0 amide bonds. The molecule has 0 aliphatic carbocycles. The Hall–Kier alpha value is -0.490. The molecular weight excluding hydrogens is 287 g/mol. The van der Waals surface area contributed by atoms with Crippen molar-refractivity contribution in [1.82, 2.24) is 0 Å². The Balaban J connectivity index is 2.29. The van der Waals surface area contributed by atoms with Gasteiger partial charge in [0.15, 0.2) is 0 Å². The van der Waals surface area contributed by atoms with Crippen LogP contribution in [0.25, 0.3) is 0 Å². The normalized spacial score (nSPS) is 11.5. The lowest BCUT2D eigenvalue weighted by Crippen LogP contribution is -2.07. The van der Waals surface area contributed by atoms with Crippen LogP contribution in [0.1, 0.15) is 6.42 Å². The fourth-order valence-corrected chi connectivity index (χ4v) is 1.73. The first-order valence-electron chi connectivity index (χ1n) is 4.81. The molecule has 7 heteroatoms. The first-order valence-corrected chi connectivity index (χ1v) is 7.38. The summed E-state index contributed by atoms with van der Waals surface area (Å²) in [6.07, 6.45) is 1.47. The molecule has 0 bridgehead atoms. The standard InChI is InChI=1S/C10H12Cl2O4S/c1-17(13,14)16-6-2-5-15-8-3-4-9(11)10(12)7-8/h3-4,7H,2,5-6H2,1H3. The predicted molar refractivity (Wildman–Crippen MR) is 67.4 cm³/mol. The van der Waals surface area contributed by atoms with E-state index in [1.54, 1.807) is 18.2 Å². The van der Waals surface area contributed by atoms with Crippen LogP contribution >= 0.6 is 23.2 Å². The van der Waals surface area contributed by atoms with Gasteiger partial charge in [-0.2, -0.15) is 8.42 Å². The van der Waals surface area contributed by atoms with E-state index in [0.717, 1.165) is 6.26 Å². The molecule has 17 heavy (non-hydrogen) atoms. The molecule has 1 rings (SSSR count). The third-order valence-corrected chi connectivity index (χ3v) is 3.08. The van der Waals surface area contributed by atoms with Gasteiger partial charge in [0.05, 0.1) is 29.5 Å². The topological polar surface area (TPSA) is 52.6 Å². The highest BCUT2D eigenvalue weighted by atomic mass is 35.5. The van der Waals surface area contributed by atoms with Gasteiger partial charge < -0.3 is 4.74 Å². The number of rotatable bonds is 6. The van der Waals surface area contributed by atoms with Crippen LogP contribution < -0.4 is 4.74 Å². The third-order valence-electron chi connectivity index (χ3n) is 1.75. The summed E-state index contributed by atoms with van der Waals surface area (Å²) < 4.78 is 31.2. The lowest BCUT2D eigenvalue weighted by atomic mass is 10.3. The predicted octanol–water partition coefficient (Wildman–Crippen LogP) is 2.74. The molecule has 0 atom stereocenters. The summed E-state index contributed by atoms with van der Waals surface area (Å²) in [5.74, 6) is 0.582. The number of hydrogen-bond acceptors (Lipinski definition) is 4. The number of ether oxygens (including phenoxy) is 1. The van der Waals surface area contributed by atoms with Gasteiger partial charge in [0.25, 0.3) is 10.1 Å². The lowest BCUT2D eigenvalue weighted by molar-refractivity contribution is 0.252. The maximum absolute atomic E-state index is 10.7. The van der Waals surface area contributed by atoms with Crippen molar-refractivity contribution >= 4 is 33.3 Å². The van der Waals surface area contributed by atoms with E-state index >= 15 is 0 Å². The summed E-state index contributed by atoms with van der Waals surface area (Å²) in [5.41, 5.74) is 0. The van der Waals surface area contributed by atoms with Gasteiger partial charge in [0.2, 0.25) is 0 Å². The van der Waals surface area contributed by atoms with Gasteiger partial charge in [0, 0.05) is 12.5 Å². The van der Waals surface area contributed by atoms with E-state index in [1.807, 2.05) is 0 Å². The van der Waals surface area contributed by atoms with Crippen LogP contribution in [0.15, 0.2) is 18.2 Å². The monoisotopic (exact) mass is 298 g/mol. The van der Waals surface area contributed by atoms with Crippen LogP contribution in [0.4, 0.5) is 0 Å². The number of halogens is 2. The Morgan fingerprint density at radius 3 is 2.47 bits per heavy atom. The Labute approximate surface area is 111 Å². The fraction of sp³-hybridized carbons (Fsp3) is 0.400. The van der Waals surface area contributed by atoms with E-state index in [2.05, 4.69) is 4.18 Å². The minimum absolute atomic E-state index is 0.0974. The van der Waals surface area contributed by atoms with Gasteiger partial charge in [-0.25, -0.2) is 0 Å². The Morgan fingerprint density at radius 2 is 1.88 bits per heavy atom. The van der Waals surface area contributed by atoms with Crippen molar-refractivity contribution in [2.45, 2.75) is 6.42 Å². The largest absolute Gasteiger partial charge is 0.493 e. The summed E-state index contributed by atoms with van der Waals surface area (Å²) in [6, 6.07) is 4.92. The second-order valence-corrected chi connectivity index (χ2v) is 5.76. The maximum atomic E-state index is 10.7. The molecule has 0 radical (unpaired) electrons. The van der Waals surface area contributed by atoms with Crippen LogP contribution in [0.2, 0.25) is 10.0 Å².